The van der Waals surface area contributed by atoms with Gasteiger partial charge in [-0.15, -0.1) is 0 Å². The van der Waals surface area contributed by atoms with E-state index in [1.807, 2.05) is 54.6 Å². The highest BCUT2D eigenvalue weighted by Crippen LogP contribution is 2.38. The van der Waals surface area contributed by atoms with Gasteiger partial charge in [-0.3, -0.25) is 0 Å². The fourth-order valence-corrected chi connectivity index (χ4v) is 3.17. The summed E-state index contributed by atoms with van der Waals surface area (Å²) in [6, 6.07) is 21.8. The standard InChI is InChI=1S/C27H33NO2/c1-26(2,3)21-16-20(18-28-27(4,5)6)25(29)24(17-21)19-12-14-23(15-13-19)30-22-10-8-7-9-11-22/h7-17,28-29H,18H2,1-6H3. The van der Waals surface area contributed by atoms with Crippen LogP contribution in [0.1, 0.15) is 52.7 Å². The van der Waals surface area contributed by atoms with Crippen LogP contribution in [0.5, 0.6) is 17.2 Å². The smallest absolute Gasteiger partial charge is 0.127 e. The van der Waals surface area contributed by atoms with Crippen LogP contribution in [-0.4, -0.2) is 10.6 Å². The molecule has 0 saturated heterocycles. The minimum absolute atomic E-state index is 0.0186. The molecule has 0 spiro atoms. The molecule has 0 heterocycles. The quantitative estimate of drug-likeness (QED) is 0.480. The van der Waals surface area contributed by atoms with E-state index in [-0.39, 0.29) is 11.0 Å². The van der Waals surface area contributed by atoms with Crippen molar-refractivity contribution in [3.05, 3.63) is 77.9 Å². The lowest BCUT2D eigenvalue weighted by molar-refractivity contribution is 0.411. The summed E-state index contributed by atoms with van der Waals surface area (Å²) in [6.07, 6.45) is 0. The third kappa shape index (κ3) is 5.64. The highest BCUT2D eigenvalue weighted by atomic mass is 16.5. The van der Waals surface area contributed by atoms with Crippen molar-refractivity contribution in [1.29, 1.82) is 0 Å². The summed E-state index contributed by atoms with van der Waals surface area (Å²) in [5.41, 5.74) is 3.88. The zero-order valence-corrected chi connectivity index (χ0v) is 18.9. The topological polar surface area (TPSA) is 41.5 Å². The number of rotatable bonds is 5. The van der Waals surface area contributed by atoms with Crippen LogP contribution in [0.2, 0.25) is 0 Å². The van der Waals surface area contributed by atoms with Crippen molar-refractivity contribution in [2.24, 2.45) is 0 Å². The molecule has 0 atom stereocenters. The van der Waals surface area contributed by atoms with Gasteiger partial charge < -0.3 is 15.2 Å². The number of hydrogen-bond donors (Lipinski definition) is 2. The minimum Gasteiger partial charge on any atom is -0.507 e. The Kier molecular flexibility index (Phi) is 6.23. The van der Waals surface area contributed by atoms with E-state index in [0.29, 0.717) is 12.3 Å². The van der Waals surface area contributed by atoms with Gasteiger partial charge in [-0.1, -0.05) is 57.2 Å². The summed E-state index contributed by atoms with van der Waals surface area (Å²) >= 11 is 0. The average molecular weight is 404 g/mol. The maximum Gasteiger partial charge on any atom is 0.127 e. The van der Waals surface area contributed by atoms with Gasteiger partial charge in [-0.25, -0.2) is 0 Å². The zero-order valence-electron chi connectivity index (χ0n) is 18.9. The number of hydrogen-bond acceptors (Lipinski definition) is 3. The van der Waals surface area contributed by atoms with E-state index in [4.69, 9.17) is 4.74 Å². The van der Waals surface area contributed by atoms with Crippen LogP contribution >= 0.6 is 0 Å². The molecule has 0 unspecified atom stereocenters. The monoisotopic (exact) mass is 403 g/mol. The Morgan fingerprint density at radius 2 is 1.40 bits per heavy atom. The van der Waals surface area contributed by atoms with Crippen LogP contribution in [0.25, 0.3) is 11.1 Å². The van der Waals surface area contributed by atoms with E-state index < -0.39 is 0 Å². The number of nitrogens with one attached hydrogen (secondary N) is 1. The number of ether oxygens (including phenoxy) is 1. The van der Waals surface area contributed by atoms with E-state index >= 15 is 0 Å². The van der Waals surface area contributed by atoms with E-state index in [0.717, 1.165) is 28.2 Å². The fraction of sp³-hybridized carbons (Fsp3) is 0.333. The lowest BCUT2D eigenvalue weighted by Crippen LogP contribution is -2.35. The van der Waals surface area contributed by atoms with Gasteiger partial charge in [0, 0.05) is 23.2 Å². The maximum absolute atomic E-state index is 11.1. The number of benzene rings is 3. The number of aromatic hydroxyl groups is 1. The number of phenols is 1. The van der Waals surface area contributed by atoms with E-state index in [9.17, 15) is 5.11 Å². The van der Waals surface area contributed by atoms with Gasteiger partial charge in [0.25, 0.3) is 0 Å². The first-order valence-corrected chi connectivity index (χ1v) is 10.5. The van der Waals surface area contributed by atoms with Crippen molar-refractivity contribution in [2.45, 2.75) is 59.0 Å². The first-order chi connectivity index (χ1) is 14.0. The molecule has 0 saturated carbocycles. The summed E-state index contributed by atoms with van der Waals surface area (Å²) in [5.74, 6) is 1.90. The van der Waals surface area contributed by atoms with Gasteiger partial charge in [-0.05, 0) is 67.6 Å². The second-order valence-corrected chi connectivity index (χ2v) is 9.82. The molecule has 0 radical (unpaired) electrons. The minimum atomic E-state index is -0.0270. The highest BCUT2D eigenvalue weighted by molar-refractivity contribution is 5.73. The third-order valence-corrected chi connectivity index (χ3v) is 5.01. The van der Waals surface area contributed by atoms with Gasteiger partial charge in [-0.2, -0.15) is 0 Å². The Hall–Kier alpha value is -2.78. The maximum atomic E-state index is 11.1. The Morgan fingerprint density at radius 3 is 1.97 bits per heavy atom. The number of phenolic OH excluding ortho intramolecular Hbond substituents is 1. The summed E-state index contributed by atoms with van der Waals surface area (Å²) in [5, 5.41) is 14.6. The molecule has 0 amide bonds. The molecule has 0 bridgehead atoms. The third-order valence-electron chi connectivity index (χ3n) is 5.01. The van der Waals surface area contributed by atoms with Gasteiger partial charge >= 0.3 is 0 Å². The van der Waals surface area contributed by atoms with Crippen molar-refractivity contribution >= 4 is 0 Å². The molecule has 158 valence electrons. The second-order valence-electron chi connectivity index (χ2n) is 9.82. The summed E-state index contributed by atoms with van der Waals surface area (Å²) < 4.78 is 5.90. The molecule has 30 heavy (non-hydrogen) atoms. The highest BCUT2D eigenvalue weighted by Gasteiger charge is 2.20. The molecular weight excluding hydrogens is 370 g/mol. The van der Waals surface area contributed by atoms with Crippen molar-refractivity contribution in [3.8, 4) is 28.4 Å². The van der Waals surface area contributed by atoms with Crippen molar-refractivity contribution in [3.63, 3.8) is 0 Å². The predicted octanol–water partition coefficient (Wildman–Crippen LogP) is 7.04. The molecule has 0 aromatic heterocycles. The predicted molar refractivity (Wildman–Crippen MR) is 125 cm³/mol. The molecule has 0 fully saturated rings. The van der Waals surface area contributed by atoms with E-state index in [2.05, 4.69) is 59.0 Å². The summed E-state index contributed by atoms with van der Waals surface area (Å²) in [6.45, 7) is 13.6. The van der Waals surface area contributed by atoms with Crippen LogP contribution in [0.4, 0.5) is 0 Å². The summed E-state index contributed by atoms with van der Waals surface area (Å²) in [4.78, 5) is 0. The van der Waals surface area contributed by atoms with Gasteiger partial charge in [0.05, 0.1) is 0 Å². The molecule has 0 aliphatic carbocycles. The second kappa shape index (κ2) is 8.53. The fourth-order valence-electron chi connectivity index (χ4n) is 3.17. The molecule has 3 rings (SSSR count). The molecule has 2 N–H and O–H groups in total. The van der Waals surface area contributed by atoms with Gasteiger partial charge in [0.1, 0.15) is 17.2 Å². The lowest BCUT2D eigenvalue weighted by Gasteiger charge is -2.25. The van der Waals surface area contributed by atoms with Crippen LogP contribution in [0, 0.1) is 0 Å². The normalized spacial score (nSPS) is 12.1. The zero-order chi connectivity index (χ0) is 21.9. The van der Waals surface area contributed by atoms with Gasteiger partial charge in [0.15, 0.2) is 0 Å². The van der Waals surface area contributed by atoms with Crippen molar-refractivity contribution in [2.75, 3.05) is 0 Å². The van der Waals surface area contributed by atoms with E-state index in [1.165, 1.54) is 5.56 Å². The SMILES string of the molecule is CC(C)(C)NCc1cc(C(C)(C)C)cc(-c2ccc(Oc3ccccc3)cc2)c1O. The molecule has 3 heteroatoms. The van der Waals surface area contributed by atoms with E-state index in [1.54, 1.807) is 0 Å². The largest absolute Gasteiger partial charge is 0.507 e. The molecular formula is C27H33NO2. The molecule has 0 aliphatic rings. The van der Waals surface area contributed by atoms with Crippen molar-refractivity contribution < 1.29 is 9.84 Å². The summed E-state index contributed by atoms with van der Waals surface area (Å²) in [7, 11) is 0. The molecule has 3 aromatic rings. The molecule has 0 aliphatic heterocycles. The lowest BCUT2D eigenvalue weighted by atomic mass is 9.83. The number of para-hydroxylation sites is 1. The van der Waals surface area contributed by atoms with Crippen LogP contribution in [0.15, 0.2) is 66.7 Å². The van der Waals surface area contributed by atoms with Gasteiger partial charge in [0.2, 0.25) is 0 Å². The molecule has 3 aromatic carbocycles. The Balaban J connectivity index is 1.95. The van der Waals surface area contributed by atoms with Crippen LogP contribution < -0.4 is 10.1 Å². The Bertz CT molecular complexity index is 978. The molecule has 3 nitrogen and oxygen atoms in total. The average Bonchev–Trinajstić information content (AvgIpc) is 2.67. The first-order valence-electron chi connectivity index (χ1n) is 10.5. The van der Waals surface area contributed by atoms with Crippen LogP contribution in [-0.2, 0) is 12.0 Å². The Morgan fingerprint density at radius 1 is 0.800 bits per heavy atom. The van der Waals surface area contributed by atoms with Crippen LogP contribution in [0.3, 0.4) is 0 Å². The first kappa shape index (κ1) is 21.9. The van der Waals surface area contributed by atoms with Crippen molar-refractivity contribution in [1.82, 2.24) is 5.32 Å². The Labute approximate surface area is 180 Å².